The molecule has 104 valence electrons. The van der Waals surface area contributed by atoms with Crippen LogP contribution in [0.5, 0.6) is 11.5 Å². The maximum atomic E-state index is 12.5. The molecule has 1 unspecified atom stereocenters. The summed E-state index contributed by atoms with van der Waals surface area (Å²) in [6, 6.07) is 13.8. The van der Waals surface area contributed by atoms with Crippen LogP contribution >= 0.6 is 11.6 Å². The molecule has 0 bridgehead atoms. The number of carbonyl (C=O) groups excluding carboxylic acids is 1. The molecule has 0 saturated heterocycles. The summed E-state index contributed by atoms with van der Waals surface area (Å²) in [5.41, 5.74) is 0.898. The van der Waals surface area contributed by atoms with Crippen molar-refractivity contribution in [3.63, 3.8) is 0 Å². The highest BCUT2D eigenvalue weighted by Crippen LogP contribution is 2.35. The molecule has 1 aliphatic rings. The number of Topliss-reactive ketones (excluding diaryl/α,β-unsaturated/α-hetero) is 1. The highest BCUT2D eigenvalue weighted by molar-refractivity contribution is 6.34. The Hall–Kier alpha value is -2.51. The predicted octanol–water partition coefficient (Wildman–Crippen LogP) is 3.56. The van der Waals surface area contributed by atoms with Gasteiger partial charge in [0.15, 0.2) is 17.3 Å². The van der Waals surface area contributed by atoms with Crippen molar-refractivity contribution < 1.29 is 14.3 Å². The van der Waals surface area contributed by atoms with Crippen molar-refractivity contribution in [2.75, 3.05) is 6.79 Å². The maximum Gasteiger partial charge on any atom is 0.231 e. The predicted molar refractivity (Wildman–Crippen MR) is 76.7 cm³/mol. The van der Waals surface area contributed by atoms with Gasteiger partial charge in [-0.2, -0.15) is 5.26 Å². The van der Waals surface area contributed by atoms with E-state index in [9.17, 15) is 10.1 Å². The fraction of sp³-hybridized carbons (Fsp3) is 0.125. The van der Waals surface area contributed by atoms with E-state index >= 15 is 0 Å². The zero-order valence-electron chi connectivity index (χ0n) is 10.9. The van der Waals surface area contributed by atoms with Crippen molar-refractivity contribution in [3.05, 3.63) is 58.6 Å². The van der Waals surface area contributed by atoms with Gasteiger partial charge in [0.1, 0.15) is 5.92 Å². The second-order valence-electron chi connectivity index (χ2n) is 4.52. The first-order chi connectivity index (χ1) is 10.2. The summed E-state index contributed by atoms with van der Waals surface area (Å²) in [5.74, 6) is -0.110. The summed E-state index contributed by atoms with van der Waals surface area (Å²) in [4.78, 5) is 12.5. The van der Waals surface area contributed by atoms with E-state index < -0.39 is 5.92 Å². The number of rotatable bonds is 3. The summed E-state index contributed by atoms with van der Waals surface area (Å²) < 4.78 is 10.5. The number of nitrogens with zero attached hydrogens (tertiary/aromatic N) is 1. The number of hydrogen-bond acceptors (Lipinski definition) is 4. The molecule has 3 rings (SSSR count). The topological polar surface area (TPSA) is 59.3 Å². The van der Waals surface area contributed by atoms with E-state index in [2.05, 4.69) is 0 Å². The first-order valence-corrected chi connectivity index (χ1v) is 6.66. The lowest BCUT2D eigenvalue weighted by atomic mass is 9.91. The quantitative estimate of drug-likeness (QED) is 0.813. The molecule has 0 saturated carbocycles. The average Bonchev–Trinajstić information content (AvgIpc) is 2.96. The summed E-state index contributed by atoms with van der Waals surface area (Å²) in [5, 5.41) is 9.70. The van der Waals surface area contributed by atoms with E-state index in [1.54, 1.807) is 42.5 Å². The van der Waals surface area contributed by atoms with Crippen LogP contribution in [0.4, 0.5) is 0 Å². The number of ether oxygens (including phenoxy) is 2. The molecule has 5 heteroatoms. The third-order valence-electron chi connectivity index (χ3n) is 3.26. The molecule has 1 heterocycles. The Morgan fingerprint density at radius 3 is 2.71 bits per heavy atom. The van der Waals surface area contributed by atoms with Crippen LogP contribution in [0.3, 0.4) is 0 Å². The van der Waals surface area contributed by atoms with Crippen molar-refractivity contribution in [3.8, 4) is 17.6 Å². The van der Waals surface area contributed by atoms with E-state index in [4.69, 9.17) is 21.1 Å². The Labute approximate surface area is 126 Å². The fourth-order valence-corrected chi connectivity index (χ4v) is 2.42. The molecule has 0 radical (unpaired) electrons. The average molecular weight is 300 g/mol. The van der Waals surface area contributed by atoms with Crippen LogP contribution in [0.2, 0.25) is 5.02 Å². The zero-order chi connectivity index (χ0) is 14.8. The van der Waals surface area contributed by atoms with Gasteiger partial charge in [-0.3, -0.25) is 4.79 Å². The van der Waals surface area contributed by atoms with Gasteiger partial charge in [0.05, 0.1) is 11.1 Å². The maximum absolute atomic E-state index is 12.5. The van der Waals surface area contributed by atoms with Crippen LogP contribution in [0.25, 0.3) is 0 Å². The van der Waals surface area contributed by atoms with Gasteiger partial charge in [-0.1, -0.05) is 29.8 Å². The van der Waals surface area contributed by atoms with Gasteiger partial charge in [-0.15, -0.1) is 0 Å². The Morgan fingerprint density at radius 1 is 1.19 bits per heavy atom. The van der Waals surface area contributed by atoms with Crippen molar-refractivity contribution >= 4 is 17.4 Å². The summed E-state index contributed by atoms with van der Waals surface area (Å²) in [6.07, 6.45) is 0. The van der Waals surface area contributed by atoms with Gasteiger partial charge >= 0.3 is 0 Å². The number of fused-ring (bicyclic) bond motifs is 1. The molecule has 0 spiro atoms. The van der Waals surface area contributed by atoms with Gasteiger partial charge < -0.3 is 9.47 Å². The molecule has 1 aliphatic heterocycles. The third kappa shape index (κ3) is 2.44. The summed E-state index contributed by atoms with van der Waals surface area (Å²) in [6.45, 7) is 0.147. The highest BCUT2D eigenvalue weighted by Gasteiger charge is 2.25. The second-order valence-corrected chi connectivity index (χ2v) is 4.93. The van der Waals surface area contributed by atoms with Crippen LogP contribution < -0.4 is 9.47 Å². The molecule has 4 nitrogen and oxygen atoms in total. The molecule has 0 fully saturated rings. The minimum absolute atomic E-state index is 0.147. The third-order valence-corrected chi connectivity index (χ3v) is 3.59. The lowest BCUT2D eigenvalue weighted by Gasteiger charge is -2.10. The van der Waals surface area contributed by atoms with Crippen molar-refractivity contribution in [2.24, 2.45) is 0 Å². The molecule has 2 aromatic rings. The monoisotopic (exact) mass is 299 g/mol. The summed E-state index contributed by atoms with van der Waals surface area (Å²) in [7, 11) is 0. The Kier molecular flexibility index (Phi) is 3.51. The summed E-state index contributed by atoms with van der Waals surface area (Å²) >= 11 is 6.03. The van der Waals surface area contributed by atoms with E-state index in [-0.39, 0.29) is 12.6 Å². The van der Waals surface area contributed by atoms with Crippen LogP contribution in [-0.4, -0.2) is 12.6 Å². The number of benzene rings is 2. The first-order valence-electron chi connectivity index (χ1n) is 6.28. The van der Waals surface area contributed by atoms with Gasteiger partial charge in [0.25, 0.3) is 0 Å². The van der Waals surface area contributed by atoms with Gasteiger partial charge in [-0.05, 0) is 29.8 Å². The molecule has 21 heavy (non-hydrogen) atoms. The Balaban J connectivity index is 1.98. The molecule has 2 aromatic carbocycles. The SMILES string of the molecule is N#CC(C(=O)c1ccccc1Cl)c1ccc2c(c1)OCO2. The molecular formula is C16H10ClNO3. The molecule has 0 aromatic heterocycles. The first kappa shape index (κ1) is 13.5. The fourth-order valence-electron chi connectivity index (χ4n) is 2.19. The van der Waals surface area contributed by atoms with Crippen molar-refractivity contribution in [1.82, 2.24) is 0 Å². The molecule has 0 aliphatic carbocycles. The van der Waals surface area contributed by atoms with Crippen molar-refractivity contribution in [2.45, 2.75) is 5.92 Å². The van der Waals surface area contributed by atoms with Gasteiger partial charge in [0.2, 0.25) is 6.79 Å². The van der Waals surface area contributed by atoms with E-state index in [0.29, 0.717) is 27.6 Å². The van der Waals surface area contributed by atoms with E-state index in [1.165, 1.54) is 0 Å². The van der Waals surface area contributed by atoms with Gasteiger partial charge in [-0.25, -0.2) is 0 Å². The highest BCUT2D eigenvalue weighted by atomic mass is 35.5. The van der Waals surface area contributed by atoms with Crippen LogP contribution in [0.1, 0.15) is 21.8 Å². The largest absolute Gasteiger partial charge is 0.454 e. The minimum Gasteiger partial charge on any atom is -0.454 e. The molecular weight excluding hydrogens is 290 g/mol. The lowest BCUT2D eigenvalue weighted by molar-refractivity contribution is 0.0979. The Morgan fingerprint density at radius 2 is 1.95 bits per heavy atom. The van der Waals surface area contributed by atoms with Crippen LogP contribution in [-0.2, 0) is 0 Å². The second kappa shape index (κ2) is 5.47. The molecule has 0 N–H and O–H groups in total. The number of carbonyl (C=O) groups is 1. The number of hydrogen-bond donors (Lipinski definition) is 0. The van der Waals surface area contributed by atoms with E-state index in [0.717, 1.165) is 0 Å². The lowest BCUT2D eigenvalue weighted by Crippen LogP contribution is -2.11. The van der Waals surface area contributed by atoms with Crippen LogP contribution in [0.15, 0.2) is 42.5 Å². The molecule has 0 amide bonds. The number of halogens is 1. The van der Waals surface area contributed by atoms with E-state index in [1.807, 2.05) is 6.07 Å². The molecule has 1 atom stereocenters. The standard InChI is InChI=1S/C16H10ClNO3/c17-13-4-2-1-3-11(13)16(19)12(8-18)10-5-6-14-15(7-10)21-9-20-14/h1-7,12H,9H2. The smallest absolute Gasteiger partial charge is 0.231 e. The Bertz CT molecular complexity index is 751. The van der Waals surface area contributed by atoms with Crippen LogP contribution in [0, 0.1) is 11.3 Å². The minimum atomic E-state index is -0.931. The normalized spacial score (nSPS) is 13.5. The zero-order valence-corrected chi connectivity index (χ0v) is 11.6. The number of nitriles is 1. The van der Waals surface area contributed by atoms with Crippen molar-refractivity contribution in [1.29, 1.82) is 5.26 Å². The number of ketones is 1. The van der Waals surface area contributed by atoms with Gasteiger partial charge in [0, 0.05) is 5.56 Å².